The van der Waals surface area contributed by atoms with Crippen molar-refractivity contribution >= 4 is 22.5 Å². The molecule has 0 unspecified atom stereocenters. The van der Waals surface area contributed by atoms with Crippen LogP contribution in [0.1, 0.15) is 16.4 Å². The standard InChI is InChI=1S/C19H21N5O4/c1-13-21-17(11-28-13)19(27)23-6-4-22(5-7-23)14-2-3-15-16(10-14)20-12-24(8-9-25)18(15)26/h2-3,10-12,25H,4-9H2,1H3. The highest BCUT2D eigenvalue weighted by atomic mass is 16.3. The van der Waals surface area contributed by atoms with E-state index in [1.807, 2.05) is 12.1 Å². The normalized spacial score (nSPS) is 14.6. The molecule has 3 aromatic rings. The van der Waals surface area contributed by atoms with E-state index in [9.17, 15) is 9.59 Å². The SMILES string of the molecule is Cc1nc(C(=O)N2CCN(c3ccc4c(=O)n(CCO)cnc4c3)CC2)co1. The molecule has 1 amide bonds. The molecule has 28 heavy (non-hydrogen) atoms. The molecule has 0 spiro atoms. The fourth-order valence-corrected chi connectivity index (χ4v) is 3.40. The molecule has 1 fully saturated rings. The third kappa shape index (κ3) is 3.36. The molecule has 9 heteroatoms. The van der Waals surface area contributed by atoms with Gasteiger partial charge < -0.3 is 19.3 Å². The van der Waals surface area contributed by atoms with Crippen LogP contribution in [-0.2, 0) is 6.54 Å². The molecule has 3 heterocycles. The molecule has 146 valence electrons. The van der Waals surface area contributed by atoms with Crippen molar-refractivity contribution in [3.05, 3.63) is 52.7 Å². The Labute approximate surface area is 160 Å². The Kier molecular flexibility index (Phi) is 4.82. The van der Waals surface area contributed by atoms with E-state index in [2.05, 4.69) is 14.9 Å². The Morgan fingerprint density at radius 1 is 1.25 bits per heavy atom. The zero-order chi connectivity index (χ0) is 19.7. The lowest BCUT2D eigenvalue weighted by molar-refractivity contribution is 0.0741. The fourth-order valence-electron chi connectivity index (χ4n) is 3.40. The Bertz CT molecular complexity index is 1070. The molecule has 4 rings (SSSR count). The zero-order valence-corrected chi connectivity index (χ0v) is 15.5. The predicted molar refractivity (Wildman–Crippen MR) is 102 cm³/mol. The number of aryl methyl sites for hydroxylation is 1. The minimum Gasteiger partial charge on any atom is -0.448 e. The van der Waals surface area contributed by atoms with E-state index >= 15 is 0 Å². The average Bonchev–Trinajstić information content (AvgIpc) is 3.16. The molecule has 0 saturated carbocycles. The van der Waals surface area contributed by atoms with Crippen LogP contribution in [0.25, 0.3) is 10.9 Å². The van der Waals surface area contributed by atoms with Gasteiger partial charge in [0, 0.05) is 38.8 Å². The monoisotopic (exact) mass is 383 g/mol. The highest BCUT2D eigenvalue weighted by Gasteiger charge is 2.24. The largest absolute Gasteiger partial charge is 0.448 e. The van der Waals surface area contributed by atoms with Gasteiger partial charge in [0.25, 0.3) is 11.5 Å². The van der Waals surface area contributed by atoms with Gasteiger partial charge >= 0.3 is 0 Å². The van der Waals surface area contributed by atoms with Crippen LogP contribution in [0.2, 0.25) is 0 Å². The van der Waals surface area contributed by atoms with Crippen LogP contribution in [0.5, 0.6) is 0 Å². The van der Waals surface area contributed by atoms with E-state index in [4.69, 9.17) is 9.52 Å². The summed E-state index contributed by atoms with van der Waals surface area (Å²) in [5, 5.41) is 9.56. The van der Waals surface area contributed by atoms with Gasteiger partial charge in [-0.1, -0.05) is 0 Å². The summed E-state index contributed by atoms with van der Waals surface area (Å²) in [5.74, 6) is 0.352. The lowest BCUT2D eigenvalue weighted by Gasteiger charge is -2.35. The van der Waals surface area contributed by atoms with E-state index in [0.717, 1.165) is 5.69 Å². The summed E-state index contributed by atoms with van der Waals surface area (Å²) in [5.41, 5.74) is 1.75. The summed E-state index contributed by atoms with van der Waals surface area (Å²) in [4.78, 5) is 37.2. The lowest BCUT2D eigenvalue weighted by atomic mass is 10.2. The van der Waals surface area contributed by atoms with Crippen LogP contribution in [0.4, 0.5) is 5.69 Å². The van der Waals surface area contributed by atoms with Crippen LogP contribution < -0.4 is 10.5 Å². The first-order valence-corrected chi connectivity index (χ1v) is 9.13. The first kappa shape index (κ1) is 18.2. The number of piperazine rings is 1. The number of benzene rings is 1. The maximum absolute atomic E-state index is 12.5. The van der Waals surface area contributed by atoms with Crippen LogP contribution in [0.15, 0.2) is 40.0 Å². The topological polar surface area (TPSA) is 105 Å². The average molecular weight is 383 g/mol. The maximum atomic E-state index is 12.5. The van der Waals surface area contributed by atoms with E-state index < -0.39 is 0 Å². The summed E-state index contributed by atoms with van der Waals surface area (Å²) < 4.78 is 6.52. The van der Waals surface area contributed by atoms with Crippen molar-refractivity contribution in [2.45, 2.75) is 13.5 Å². The highest BCUT2D eigenvalue weighted by Crippen LogP contribution is 2.21. The quantitative estimate of drug-likeness (QED) is 0.705. The molecule has 1 aliphatic rings. The first-order chi connectivity index (χ1) is 13.6. The number of fused-ring (bicyclic) bond motifs is 1. The third-order valence-electron chi connectivity index (χ3n) is 4.92. The molecule has 1 N–H and O–H groups in total. The number of nitrogens with zero attached hydrogens (tertiary/aromatic N) is 5. The summed E-state index contributed by atoms with van der Waals surface area (Å²) in [7, 11) is 0. The number of hydrogen-bond donors (Lipinski definition) is 1. The minimum atomic E-state index is -0.163. The smallest absolute Gasteiger partial charge is 0.275 e. The molecule has 9 nitrogen and oxygen atoms in total. The highest BCUT2D eigenvalue weighted by molar-refractivity contribution is 5.92. The molecule has 0 radical (unpaired) electrons. The molecule has 0 atom stereocenters. The number of carbonyl (C=O) groups is 1. The first-order valence-electron chi connectivity index (χ1n) is 9.13. The zero-order valence-electron chi connectivity index (χ0n) is 15.5. The molecule has 1 aliphatic heterocycles. The Morgan fingerprint density at radius 2 is 2.04 bits per heavy atom. The number of hydrogen-bond acceptors (Lipinski definition) is 7. The number of anilines is 1. The van der Waals surface area contributed by atoms with Gasteiger partial charge in [-0.25, -0.2) is 9.97 Å². The molecular weight excluding hydrogens is 362 g/mol. The second-order valence-electron chi connectivity index (χ2n) is 6.70. The summed E-state index contributed by atoms with van der Waals surface area (Å²) in [6.45, 7) is 4.33. The number of oxazole rings is 1. The lowest BCUT2D eigenvalue weighted by Crippen LogP contribution is -2.48. The second kappa shape index (κ2) is 7.43. The molecular formula is C19H21N5O4. The molecule has 1 aromatic carbocycles. The number of amides is 1. The number of carbonyl (C=O) groups excluding carboxylic acids is 1. The van der Waals surface area contributed by atoms with E-state index in [1.165, 1.54) is 17.2 Å². The number of aliphatic hydroxyl groups is 1. The summed E-state index contributed by atoms with van der Waals surface area (Å²) in [6, 6.07) is 5.55. The van der Waals surface area contributed by atoms with Crippen LogP contribution in [-0.4, -0.2) is 63.2 Å². The number of aromatic nitrogens is 3. The minimum absolute atomic E-state index is 0.109. The summed E-state index contributed by atoms with van der Waals surface area (Å²) in [6.07, 6.45) is 2.85. The molecule has 2 aromatic heterocycles. The van der Waals surface area contributed by atoms with Crippen molar-refractivity contribution in [2.24, 2.45) is 0 Å². The van der Waals surface area contributed by atoms with Crippen LogP contribution in [0.3, 0.4) is 0 Å². The third-order valence-corrected chi connectivity index (χ3v) is 4.92. The van der Waals surface area contributed by atoms with E-state index in [1.54, 1.807) is 17.9 Å². The molecule has 0 aliphatic carbocycles. The van der Waals surface area contributed by atoms with Gasteiger partial charge in [0.05, 0.1) is 30.4 Å². The van der Waals surface area contributed by atoms with Crippen molar-refractivity contribution in [3.63, 3.8) is 0 Å². The van der Waals surface area contributed by atoms with Crippen molar-refractivity contribution in [1.29, 1.82) is 0 Å². The number of rotatable bonds is 4. The van der Waals surface area contributed by atoms with E-state index in [0.29, 0.717) is 48.7 Å². The van der Waals surface area contributed by atoms with Gasteiger partial charge in [-0.3, -0.25) is 14.2 Å². The molecule has 0 bridgehead atoms. The Hall–Kier alpha value is -3.20. The summed E-state index contributed by atoms with van der Waals surface area (Å²) >= 11 is 0. The van der Waals surface area contributed by atoms with Gasteiger partial charge in [-0.15, -0.1) is 0 Å². The van der Waals surface area contributed by atoms with Crippen molar-refractivity contribution in [1.82, 2.24) is 19.4 Å². The van der Waals surface area contributed by atoms with Crippen molar-refractivity contribution in [3.8, 4) is 0 Å². The van der Waals surface area contributed by atoms with Gasteiger partial charge in [0.1, 0.15) is 6.26 Å². The van der Waals surface area contributed by atoms with Gasteiger partial charge in [-0.2, -0.15) is 0 Å². The second-order valence-corrected chi connectivity index (χ2v) is 6.70. The number of aliphatic hydroxyl groups excluding tert-OH is 1. The Morgan fingerprint density at radius 3 is 2.71 bits per heavy atom. The van der Waals surface area contributed by atoms with E-state index in [-0.39, 0.29) is 24.6 Å². The van der Waals surface area contributed by atoms with Crippen molar-refractivity contribution in [2.75, 3.05) is 37.7 Å². The van der Waals surface area contributed by atoms with Crippen LogP contribution in [0, 0.1) is 6.92 Å². The fraction of sp³-hybridized carbons (Fsp3) is 0.368. The van der Waals surface area contributed by atoms with Gasteiger partial charge in [0.2, 0.25) is 0 Å². The van der Waals surface area contributed by atoms with Crippen LogP contribution >= 0.6 is 0 Å². The maximum Gasteiger partial charge on any atom is 0.275 e. The van der Waals surface area contributed by atoms with Gasteiger partial charge in [0.15, 0.2) is 11.6 Å². The molecule has 1 saturated heterocycles. The van der Waals surface area contributed by atoms with Gasteiger partial charge in [-0.05, 0) is 18.2 Å². The Balaban J connectivity index is 1.48. The predicted octanol–water partition coefficient (Wildman–Crippen LogP) is 0.648. The van der Waals surface area contributed by atoms with Crippen molar-refractivity contribution < 1.29 is 14.3 Å².